The number of phenols is 1. The number of pyridine rings is 1. The molecule has 1 amide bonds. The lowest BCUT2D eigenvalue weighted by molar-refractivity contribution is -0.000812. The van der Waals surface area contributed by atoms with E-state index in [9.17, 15) is 24.9 Å². The molecule has 0 spiro atoms. The highest BCUT2D eigenvalue weighted by atomic mass is 35.5. The molecule has 0 aliphatic carbocycles. The third kappa shape index (κ3) is 7.80. The fourth-order valence-corrected chi connectivity index (χ4v) is 8.09. The van der Waals surface area contributed by atoms with Crippen molar-refractivity contribution in [3.63, 3.8) is 0 Å². The third-order valence-electron chi connectivity index (χ3n) is 10.5. The predicted octanol–water partition coefficient (Wildman–Crippen LogP) is 6.50. The van der Waals surface area contributed by atoms with Crippen LogP contribution in [0.15, 0.2) is 102 Å². The Hall–Kier alpha value is -4.87. The van der Waals surface area contributed by atoms with Crippen LogP contribution in [0.25, 0.3) is 10.9 Å². The van der Waals surface area contributed by atoms with E-state index in [0.29, 0.717) is 46.1 Å². The highest BCUT2D eigenvalue weighted by molar-refractivity contribution is 6.31. The van der Waals surface area contributed by atoms with Crippen LogP contribution in [0.2, 0.25) is 5.02 Å². The number of fused-ring (bicyclic) bond motifs is 4. The van der Waals surface area contributed by atoms with Crippen LogP contribution in [-0.2, 0) is 13.0 Å². The second-order valence-electron chi connectivity index (χ2n) is 13.8. The summed E-state index contributed by atoms with van der Waals surface area (Å²) in [6.45, 7) is 3.96. The average molecular weight is 723 g/mol. The third-order valence-corrected chi connectivity index (χ3v) is 10.8. The first-order valence-electron chi connectivity index (χ1n) is 17.8. The number of aromatic nitrogens is 1. The highest BCUT2D eigenvalue weighted by Crippen LogP contribution is 2.39. The van der Waals surface area contributed by atoms with E-state index in [1.165, 1.54) is 12.1 Å². The van der Waals surface area contributed by atoms with Crippen LogP contribution in [0.1, 0.15) is 52.8 Å². The monoisotopic (exact) mass is 722 g/mol. The fraction of sp³-hybridized carbons (Fsp3) is 0.317. The molecular formula is C41H43ClN4O6. The number of phenolic OH excluding ortho intramolecular Hbond substituents is 1. The number of benzene rings is 4. The van der Waals surface area contributed by atoms with Crippen LogP contribution in [0.5, 0.6) is 11.5 Å². The van der Waals surface area contributed by atoms with Crippen LogP contribution in [-0.4, -0.2) is 75.0 Å². The molecule has 2 unspecified atom stereocenters. The zero-order chi connectivity index (χ0) is 36.2. The number of nitrogens with zero attached hydrogens (tertiary/aromatic N) is 2. The summed E-state index contributed by atoms with van der Waals surface area (Å²) in [4.78, 5) is 31.4. The normalized spacial score (nSPS) is 19.3. The van der Waals surface area contributed by atoms with Crippen molar-refractivity contribution < 1.29 is 24.9 Å². The Morgan fingerprint density at radius 1 is 0.981 bits per heavy atom. The lowest BCUT2D eigenvalue weighted by atomic mass is 9.81. The largest absolute Gasteiger partial charge is 0.506 e. The summed E-state index contributed by atoms with van der Waals surface area (Å²) in [6.07, 6.45) is 0.911. The molecule has 3 saturated heterocycles. The van der Waals surface area contributed by atoms with Crippen LogP contribution in [0, 0.1) is 5.92 Å². The Labute approximate surface area is 307 Å². The van der Waals surface area contributed by atoms with Crippen LogP contribution in [0.3, 0.4) is 0 Å². The fourth-order valence-electron chi connectivity index (χ4n) is 7.79. The van der Waals surface area contributed by atoms with E-state index >= 15 is 0 Å². The molecule has 4 heterocycles. The van der Waals surface area contributed by atoms with Crippen molar-refractivity contribution >= 4 is 28.6 Å². The number of hydrogen-bond acceptors (Lipinski definition) is 7. The minimum Gasteiger partial charge on any atom is -0.506 e. The van der Waals surface area contributed by atoms with E-state index in [1.807, 2.05) is 72.8 Å². The number of amides is 1. The maximum Gasteiger partial charge on any atom is 0.408 e. The first-order chi connectivity index (χ1) is 25.2. The minimum absolute atomic E-state index is 0.0488. The molecule has 11 heteroatoms. The van der Waals surface area contributed by atoms with Gasteiger partial charge in [0.25, 0.3) is 0 Å². The number of aliphatic hydroxyl groups excluding tert-OH is 1. The summed E-state index contributed by atoms with van der Waals surface area (Å²) in [5.41, 5.74) is 4.22. The second kappa shape index (κ2) is 15.8. The Balaban J connectivity index is 0.984. The van der Waals surface area contributed by atoms with Gasteiger partial charge in [0, 0.05) is 29.6 Å². The number of aromatic amines is 1. The summed E-state index contributed by atoms with van der Waals surface area (Å²) in [5.74, 6) is 0.947. The molecule has 0 radical (unpaired) electrons. The number of carboxylic acid groups (broad SMARTS) is 1. The number of aromatic hydroxyl groups is 1. The van der Waals surface area contributed by atoms with Crippen LogP contribution >= 0.6 is 11.6 Å². The minimum atomic E-state index is -0.912. The van der Waals surface area contributed by atoms with E-state index in [0.717, 1.165) is 54.7 Å². The topological polar surface area (TPSA) is 138 Å². The molecule has 8 rings (SSSR count). The predicted molar refractivity (Wildman–Crippen MR) is 201 cm³/mol. The number of aliphatic hydroxyl groups is 1. The molecule has 3 aliphatic rings. The maximum absolute atomic E-state index is 13.0. The van der Waals surface area contributed by atoms with Crippen LogP contribution in [0.4, 0.5) is 4.79 Å². The molecule has 4 aromatic carbocycles. The van der Waals surface area contributed by atoms with Crippen molar-refractivity contribution in [1.29, 1.82) is 0 Å². The van der Waals surface area contributed by atoms with Crippen molar-refractivity contribution in [3.05, 3.63) is 140 Å². The lowest BCUT2D eigenvalue weighted by Gasteiger charge is -2.50. The molecule has 3 aliphatic heterocycles. The molecule has 52 heavy (non-hydrogen) atoms. The number of hydrogen-bond donors (Lipinski definition) is 5. The van der Waals surface area contributed by atoms with Crippen molar-refractivity contribution in [2.75, 3.05) is 32.7 Å². The van der Waals surface area contributed by atoms with Gasteiger partial charge in [0.1, 0.15) is 18.1 Å². The van der Waals surface area contributed by atoms with Crippen molar-refractivity contribution in [2.24, 2.45) is 5.92 Å². The Bertz CT molecular complexity index is 2080. The smallest absolute Gasteiger partial charge is 0.408 e. The summed E-state index contributed by atoms with van der Waals surface area (Å²) in [7, 11) is 0. The van der Waals surface area contributed by atoms with E-state index in [1.54, 1.807) is 17.0 Å². The van der Waals surface area contributed by atoms with Gasteiger partial charge >= 0.3 is 6.09 Å². The first-order valence-corrected chi connectivity index (χ1v) is 18.2. The number of H-pyrrole nitrogens is 1. The Morgan fingerprint density at radius 3 is 2.50 bits per heavy atom. The maximum atomic E-state index is 13.0. The van der Waals surface area contributed by atoms with Gasteiger partial charge < -0.3 is 35.3 Å². The van der Waals surface area contributed by atoms with Gasteiger partial charge in [-0.3, -0.25) is 9.69 Å². The molecule has 5 N–H and O–H groups in total. The zero-order valence-electron chi connectivity index (χ0n) is 28.7. The number of piperidine rings is 3. The average Bonchev–Trinajstić information content (AvgIpc) is 3.16. The number of rotatable bonds is 13. The zero-order valence-corrected chi connectivity index (χ0v) is 29.5. The molecule has 3 fully saturated rings. The molecule has 270 valence electrons. The SMILES string of the molecule is O=C(O)N(C1CN2CCC1CC2)[C@@H](c1ccccc1)c1cccc(OCc2ccc(CCNCC(O)c3ccc(O)c4[nH]c(=O)ccc34)c(Cl)c2)c1. The molecule has 3 atom stereocenters. The summed E-state index contributed by atoms with van der Waals surface area (Å²) in [5, 5.41) is 36.1. The summed E-state index contributed by atoms with van der Waals surface area (Å²) < 4.78 is 6.25. The molecule has 5 aromatic rings. The van der Waals surface area contributed by atoms with Gasteiger partial charge in [0.05, 0.1) is 23.7 Å². The molecule has 0 saturated carbocycles. The molecule has 10 nitrogen and oxygen atoms in total. The van der Waals surface area contributed by atoms with Gasteiger partial charge in [-0.25, -0.2) is 4.79 Å². The van der Waals surface area contributed by atoms with Gasteiger partial charge in [-0.1, -0.05) is 72.3 Å². The van der Waals surface area contributed by atoms with E-state index in [-0.39, 0.29) is 30.5 Å². The highest BCUT2D eigenvalue weighted by Gasteiger charge is 2.43. The van der Waals surface area contributed by atoms with E-state index < -0.39 is 18.2 Å². The Morgan fingerprint density at radius 2 is 1.77 bits per heavy atom. The molecule has 1 aromatic heterocycles. The second-order valence-corrected chi connectivity index (χ2v) is 14.2. The van der Waals surface area contributed by atoms with Gasteiger partial charge in [-0.15, -0.1) is 0 Å². The van der Waals surface area contributed by atoms with Gasteiger partial charge in [-0.05, 0) is 103 Å². The van der Waals surface area contributed by atoms with Crippen molar-refractivity contribution in [1.82, 2.24) is 20.1 Å². The summed E-state index contributed by atoms with van der Waals surface area (Å²) in [6, 6.07) is 29.0. The van der Waals surface area contributed by atoms with Crippen molar-refractivity contribution in [3.8, 4) is 11.5 Å². The number of carbonyl (C=O) groups is 1. The molecule has 2 bridgehead atoms. The summed E-state index contributed by atoms with van der Waals surface area (Å²) >= 11 is 6.69. The number of nitrogens with one attached hydrogen (secondary N) is 2. The quantitative estimate of drug-likeness (QED) is 0.0870. The van der Waals surface area contributed by atoms with Gasteiger partial charge in [0.15, 0.2) is 0 Å². The number of halogens is 1. The van der Waals surface area contributed by atoms with E-state index in [4.69, 9.17) is 16.3 Å². The van der Waals surface area contributed by atoms with Crippen molar-refractivity contribution in [2.45, 2.75) is 44.1 Å². The van der Waals surface area contributed by atoms with E-state index in [2.05, 4.69) is 15.2 Å². The number of ether oxygens (including phenoxy) is 1. The first kappa shape index (κ1) is 35.5. The Kier molecular flexibility index (Phi) is 10.8. The lowest BCUT2D eigenvalue weighted by Crippen LogP contribution is -2.59. The van der Waals surface area contributed by atoms with Crippen LogP contribution < -0.4 is 15.6 Å². The standard InChI is InChI=1S/C41H43ClN4O6/c42-34-21-26(9-10-27(34)15-18-43-23-37(48)32-11-13-36(47)39-33(32)12-14-38(49)44-39)25-52-31-8-4-7-30(22-31)40(29-5-2-1-3-6-29)46(41(50)51)35-24-45-19-16-28(35)17-20-45/h1-14,21-22,28,35,37,40,43,47-48H,15-20,23-25H2,(H,44,49)(H,50,51)/t35?,37?,40-/m0/s1. The molecular weight excluding hydrogens is 680 g/mol. The van der Waals surface area contributed by atoms with Gasteiger partial charge in [0.2, 0.25) is 5.56 Å². The van der Waals surface area contributed by atoms with Gasteiger partial charge in [-0.2, -0.15) is 0 Å².